The maximum atomic E-state index is 11.1. The first-order chi connectivity index (χ1) is 10.6. The Morgan fingerprint density at radius 3 is 2.86 bits per heavy atom. The first-order valence-corrected chi connectivity index (χ1v) is 8.17. The molecule has 0 spiro atoms. The number of benzene rings is 2. The minimum atomic E-state index is -0.238. The second kappa shape index (κ2) is 6.48. The molecule has 0 aromatic heterocycles. The number of anilines is 1. The molecular formula is C17H17BrN2O2. The van der Waals surface area contributed by atoms with Gasteiger partial charge in [-0.15, -0.1) is 0 Å². The Labute approximate surface area is 137 Å². The van der Waals surface area contributed by atoms with Crippen LogP contribution in [0.4, 0.5) is 5.69 Å². The summed E-state index contributed by atoms with van der Waals surface area (Å²) in [5.74, 6) is -0.238. The number of aryl methyl sites for hydroxylation is 1. The summed E-state index contributed by atoms with van der Waals surface area (Å²) in [4.78, 5) is 10.9. The van der Waals surface area contributed by atoms with Crippen LogP contribution in [0.15, 0.2) is 46.9 Å². The molecule has 0 aliphatic carbocycles. The molecular weight excluding hydrogens is 344 g/mol. The molecule has 3 rings (SSSR count). The van der Waals surface area contributed by atoms with E-state index in [1.165, 1.54) is 5.56 Å². The average Bonchev–Trinajstić information content (AvgIpc) is 2.53. The maximum Gasteiger partial charge on any atom is 0.214 e. The van der Waals surface area contributed by atoms with Crippen LogP contribution in [-0.4, -0.2) is 18.0 Å². The highest BCUT2D eigenvalue weighted by atomic mass is 79.9. The summed E-state index contributed by atoms with van der Waals surface area (Å²) >= 11 is 3.52. The van der Waals surface area contributed by atoms with Gasteiger partial charge in [-0.25, -0.2) is 0 Å². The first kappa shape index (κ1) is 15.0. The van der Waals surface area contributed by atoms with Crippen LogP contribution in [0.2, 0.25) is 0 Å². The molecule has 0 fully saturated rings. The summed E-state index contributed by atoms with van der Waals surface area (Å²) in [5.41, 5.74) is 4.38. The highest BCUT2D eigenvalue weighted by Gasteiger charge is 2.23. The molecule has 0 unspecified atom stereocenters. The zero-order chi connectivity index (χ0) is 15.5. The van der Waals surface area contributed by atoms with Gasteiger partial charge in [0.1, 0.15) is 0 Å². The predicted molar refractivity (Wildman–Crippen MR) is 91.1 cm³/mol. The minimum absolute atomic E-state index is 0.102. The predicted octanol–water partition coefficient (Wildman–Crippen LogP) is 4.22. The van der Waals surface area contributed by atoms with Crippen molar-refractivity contribution in [1.82, 2.24) is 0 Å². The van der Waals surface area contributed by atoms with Gasteiger partial charge in [-0.3, -0.25) is 10.1 Å². The van der Waals surface area contributed by atoms with Gasteiger partial charge in [0, 0.05) is 21.6 Å². The molecule has 1 aliphatic heterocycles. The number of hydrogen-bond acceptors (Lipinski definition) is 3. The van der Waals surface area contributed by atoms with E-state index in [1.54, 1.807) is 0 Å². The van der Waals surface area contributed by atoms with Crippen LogP contribution < -0.4 is 5.32 Å². The summed E-state index contributed by atoms with van der Waals surface area (Å²) < 4.78 is 0.915. The molecule has 2 aromatic rings. The lowest BCUT2D eigenvalue weighted by atomic mass is 9.88. The van der Waals surface area contributed by atoms with E-state index in [1.807, 2.05) is 36.4 Å². The highest BCUT2D eigenvalue weighted by Crippen LogP contribution is 2.33. The molecule has 2 aromatic carbocycles. The number of nitro groups is 1. The van der Waals surface area contributed by atoms with E-state index in [9.17, 15) is 10.1 Å². The fraction of sp³-hybridized carbons (Fsp3) is 0.294. The third-order valence-electron chi connectivity index (χ3n) is 4.08. The number of nitrogens with zero attached hydrogens (tertiary/aromatic N) is 1. The molecule has 114 valence electrons. The van der Waals surface area contributed by atoms with Gasteiger partial charge in [0.15, 0.2) is 0 Å². The lowest BCUT2D eigenvalue weighted by Gasteiger charge is -2.21. The molecule has 1 aliphatic rings. The zero-order valence-electron chi connectivity index (χ0n) is 12.1. The van der Waals surface area contributed by atoms with E-state index in [0.717, 1.165) is 40.7 Å². The second-order valence-corrected chi connectivity index (χ2v) is 6.39. The second-order valence-electron chi connectivity index (χ2n) is 5.54. The number of hydrogen-bond donors (Lipinski definition) is 1. The minimum Gasteiger partial charge on any atom is -0.385 e. The number of rotatable bonds is 4. The lowest BCUT2D eigenvalue weighted by molar-refractivity contribution is -0.481. The van der Waals surface area contributed by atoms with Crippen molar-refractivity contribution in [3.05, 3.63) is 73.7 Å². The van der Waals surface area contributed by atoms with Gasteiger partial charge in [0.2, 0.25) is 6.54 Å². The first-order valence-electron chi connectivity index (χ1n) is 7.38. The Morgan fingerprint density at radius 2 is 2.09 bits per heavy atom. The molecule has 1 N–H and O–H groups in total. The smallest absolute Gasteiger partial charge is 0.214 e. The summed E-state index contributed by atoms with van der Waals surface area (Å²) in [6.45, 7) is 0.893. The Bertz CT molecular complexity index is 703. The molecule has 1 heterocycles. The molecule has 0 radical (unpaired) electrons. The molecule has 4 nitrogen and oxygen atoms in total. The summed E-state index contributed by atoms with van der Waals surface area (Å²) in [5, 5.41) is 14.5. The van der Waals surface area contributed by atoms with E-state index in [4.69, 9.17) is 0 Å². The van der Waals surface area contributed by atoms with Crippen molar-refractivity contribution >= 4 is 21.6 Å². The summed E-state index contributed by atoms with van der Waals surface area (Å²) in [6.07, 6.45) is 2.13. The van der Waals surface area contributed by atoms with E-state index in [-0.39, 0.29) is 17.4 Å². The quantitative estimate of drug-likeness (QED) is 0.656. The van der Waals surface area contributed by atoms with Gasteiger partial charge < -0.3 is 5.32 Å². The highest BCUT2D eigenvalue weighted by molar-refractivity contribution is 9.10. The standard InChI is InChI=1S/C17H17BrN2O2/c18-16-6-2-1-5-14(16)15(11-20(21)22)12-7-8-17-13(10-12)4-3-9-19-17/h1-2,5-8,10,15,19H,3-4,9,11H2/t15-/m1/s1. The van der Waals surface area contributed by atoms with Gasteiger partial charge in [-0.2, -0.15) is 0 Å². The van der Waals surface area contributed by atoms with Crippen molar-refractivity contribution in [2.75, 3.05) is 18.4 Å². The number of halogens is 1. The monoisotopic (exact) mass is 360 g/mol. The van der Waals surface area contributed by atoms with Gasteiger partial charge in [-0.1, -0.05) is 46.3 Å². The van der Waals surface area contributed by atoms with Crippen molar-refractivity contribution in [3.8, 4) is 0 Å². The van der Waals surface area contributed by atoms with Crippen molar-refractivity contribution in [2.24, 2.45) is 0 Å². The Morgan fingerprint density at radius 1 is 1.27 bits per heavy atom. The SMILES string of the molecule is O=[N+]([O-])C[C@H](c1ccc2c(c1)CCCN2)c1ccccc1Br. The summed E-state index contributed by atoms with van der Waals surface area (Å²) in [7, 11) is 0. The molecule has 22 heavy (non-hydrogen) atoms. The van der Waals surface area contributed by atoms with Crippen molar-refractivity contribution in [3.63, 3.8) is 0 Å². The average molecular weight is 361 g/mol. The van der Waals surface area contributed by atoms with Crippen molar-refractivity contribution in [2.45, 2.75) is 18.8 Å². The van der Waals surface area contributed by atoms with Gasteiger partial charge in [0.05, 0.1) is 5.92 Å². The van der Waals surface area contributed by atoms with Gasteiger partial charge in [0.25, 0.3) is 0 Å². The zero-order valence-corrected chi connectivity index (χ0v) is 13.7. The van der Waals surface area contributed by atoms with E-state index in [0.29, 0.717) is 0 Å². The number of nitrogens with one attached hydrogen (secondary N) is 1. The van der Waals surface area contributed by atoms with E-state index < -0.39 is 0 Å². The fourth-order valence-electron chi connectivity index (χ4n) is 3.00. The molecule has 5 heteroatoms. The van der Waals surface area contributed by atoms with Crippen LogP contribution >= 0.6 is 15.9 Å². The normalized spacial score (nSPS) is 14.8. The van der Waals surface area contributed by atoms with Crippen LogP contribution in [0, 0.1) is 10.1 Å². The third kappa shape index (κ3) is 3.14. The Hall–Kier alpha value is -1.88. The molecule has 0 bridgehead atoms. The largest absolute Gasteiger partial charge is 0.385 e. The topological polar surface area (TPSA) is 55.2 Å². The van der Waals surface area contributed by atoms with E-state index in [2.05, 4.69) is 27.3 Å². The van der Waals surface area contributed by atoms with E-state index >= 15 is 0 Å². The van der Waals surface area contributed by atoms with Gasteiger partial charge in [-0.05, 0) is 41.7 Å². The number of fused-ring (bicyclic) bond motifs is 1. The molecule has 0 saturated heterocycles. The third-order valence-corrected chi connectivity index (χ3v) is 4.80. The molecule has 0 saturated carbocycles. The van der Waals surface area contributed by atoms with Crippen LogP contribution in [0.1, 0.15) is 29.0 Å². The van der Waals surface area contributed by atoms with Crippen molar-refractivity contribution in [1.29, 1.82) is 0 Å². The molecule has 0 amide bonds. The molecule has 1 atom stereocenters. The Balaban J connectivity index is 2.02. The maximum absolute atomic E-state index is 11.1. The van der Waals surface area contributed by atoms with Gasteiger partial charge >= 0.3 is 0 Å². The summed E-state index contributed by atoms with van der Waals surface area (Å²) in [6, 6.07) is 13.9. The van der Waals surface area contributed by atoms with Crippen LogP contribution in [0.3, 0.4) is 0 Å². The van der Waals surface area contributed by atoms with Crippen LogP contribution in [0.25, 0.3) is 0 Å². The van der Waals surface area contributed by atoms with Crippen LogP contribution in [0.5, 0.6) is 0 Å². The van der Waals surface area contributed by atoms with Crippen molar-refractivity contribution < 1.29 is 4.92 Å². The lowest BCUT2D eigenvalue weighted by Crippen LogP contribution is -2.16. The fourth-order valence-corrected chi connectivity index (χ4v) is 3.56. The Kier molecular flexibility index (Phi) is 4.43. The van der Waals surface area contributed by atoms with Crippen LogP contribution in [-0.2, 0) is 6.42 Å².